The molecule has 4 heteroatoms. The minimum absolute atomic E-state index is 0.201. The molecule has 0 aliphatic rings. The zero-order chi connectivity index (χ0) is 14.7. The summed E-state index contributed by atoms with van der Waals surface area (Å²) < 4.78 is 15.2. The number of halogens is 1. The van der Waals surface area contributed by atoms with Gasteiger partial charge in [0.15, 0.2) is 0 Å². The summed E-state index contributed by atoms with van der Waals surface area (Å²) >= 11 is 0. The van der Waals surface area contributed by atoms with Gasteiger partial charge in [-0.3, -0.25) is 4.68 Å². The lowest BCUT2D eigenvalue weighted by molar-refractivity contribution is 0.614. The van der Waals surface area contributed by atoms with Crippen molar-refractivity contribution in [3.8, 4) is 0 Å². The quantitative estimate of drug-likeness (QED) is 0.909. The predicted molar refractivity (Wildman–Crippen MR) is 79.5 cm³/mol. The van der Waals surface area contributed by atoms with Crippen LogP contribution < -0.4 is 5.32 Å². The second-order valence-electron chi connectivity index (χ2n) is 5.33. The zero-order valence-electron chi connectivity index (χ0n) is 12.6. The van der Waals surface area contributed by atoms with Crippen molar-refractivity contribution < 1.29 is 4.39 Å². The fourth-order valence-electron chi connectivity index (χ4n) is 2.79. The third-order valence-electron chi connectivity index (χ3n) is 3.66. The van der Waals surface area contributed by atoms with Crippen LogP contribution in [-0.2, 0) is 6.54 Å². The largest absolute Gasteiger partial charge is 0.319 e. The van der Waals surface area contributed by atoms with E-state index in [2.05, 4.69) is 24.3 Å². The first-order valence-electron chi connectivity index (χ1n) is 6.96. The minimum Gasteiger partial charge on any atom is -0.319 e. The van der Waals surface area contributed by atoms with Gasteiger partial charge in [-0.2, -0.15) is 5.10 Å². The number of nitrogens with zero attached hydrogens (tertiary/aromatic N) is 2. The van der Waals surface area contributed by atoms with E-state index < -0.39 is 0 Å². The van der Waals surface area contributed by atoms with Crippen LogP contribution in [0.15, 0.2) is 24.3 Å². The number of hydrogen-bond acceptors (Lipinski definition) is 2. The van der Waals surface area contributed by atoms with Gasteiger partial charge in [0.1, 0.15) is 5.82 Å². The standard InChI is InChI=1S/C16H22FN3/c1-11(9-18-4)16-12(2)19-20(13(16)3)10-14-6-5-7-15(17)8-14/h5-8,11,18H,9-10H2,1-4H3. The third kappa shape index (κ3) is 3.07. The lowest BCUT2D eigenvalue weighted by atomic mass is 9.99. The highest BCUT2D eigenvalue weighted by molar-refractivity contribution is 5.29. The summed E-state index contributed by atoms with van der Waals surface area (Å²) in [4.78, 5) is 0. The summed E-state index contributed by atoms with van der Waals surface area (Å²) in [6, 6.07) is 6.69. The molecule has 1 unspecified atom stereocenters. The van der Waals surface area contributed by atoms with Crippen molar-refractivity contribution in [2.24, 2.45) is 0 Å². The van der Waals surface area contributed by atoms with E-state index >= 15 is 0 Å². The molecule has 1 aromatic carbocycles. The van der Waals surface area contributed by atoms with Gasteiger partial charge < -0.3 is 5.32 Å². The molecule has 0 bridgehead atoms. The van der Waals surface area contributed by atoms with Crippen molar-refractivity contribution in [1.29, 1.82) is 0 Å². The van der Waals surface area contributed by atoms with E-state index in [4.69, 9.17) is 0 Å². The van der Waals surface area contributed by atoms with Gasteiger partial charge >= 0.3 is 0 Å². The van der Waals surface area contributed by atoms with Gasteiger partial charge in [-0.25, -0.2) is 4.39 Å². The van der Waals surface area contributed by atoms with Gasteiger partial charge in [-0.1, -0.05) is 19.1 Å². The second-order valence-corrected chi connectivity index (χ2v) is 5.33. The highest BCUT2D eigenvalue weighted by Crippen LogP contribution is 2.23. The number of aromatic nitrogens is 2. The topological polar surface area (TPSA) is 29.9 Å². The fraction of sp³-hybridized carbons (Fsp3) is 0.438. The molecular formula is C16H22FN3. The predicted octanol–water partition coefficient (Wildman–Crippen LogP) is 3.01. The Labute approximate surface area is 119 Å². The van der Waals surface area contributed by atoms with Crippen LogP contribution in [0.3, 0.4) is 0 Å². The molecule has 0 fully saturated rings. The summed E-state index contributed by atoms with van der Waals surface area (Å²) in [5.41, 5.74) is 4.44. The number of hydrogen-bond donors (Lipinski definition) is 1. The Bertz CT molecular complexity index is 589. The average molecular weight is 275 g/mol. The van der Waals surface area contributed by atoms with E-state index in [0.29, 0.717) is 12.5 Å². The minimum atomic E-state index is -0.201. The van der Waals surface area contributed by atoms with Crippen molar-refractivity contribution in [3.05, 3.63) is 52.6 Å². The maximum Gasteiger partial charge on any atom is 0.123 e. The Morgan fingerprint density at radius 3 is 2.75 bits per heavy atom. The number of rotatable bonds is 5. The third-order valence-corrected chi connectivity index (χ3v) is 3.66. The van der Waals surface area contributed by atoms with Gasteiger partial charge in [0.25, 0.3) is 0 Å². The number of likely N-dealkylation sites (N-methyl/N-ethyl adjacent to an activating group) is 1. The molecule has 1 N–H and O–H groups in total. The molecule has 0 saturated carbocycles. The summed E-state index contributed by atoms with van der Waals surface area (Å²) in [6.45, 7) is 7.85. The van der Waals surface area contributed by atoms with Crippen molar-refractivity contribution in [2.45, 2.75) is 33.2 Å². The Kier molecular flexibility index (Phi) is 4.55. The van der Waals surface area contributed by atoms with Crippen LogP contribution in [0, 0.1) is 19.7 Å². The van der Waals surface area contributed by atoms with Crippen LogP contribution in [0.5, 0.6) is 0 Å². The maximum atomic E-state index is 13.2. The summed E-state index contributed by atoms with van der Waals surface area (Å²) in [7, 11) is 1.96. The molecule has 2 rings (SSSR count). The van der Waals surface area contributed by atoms with Gasteiger partial charge in [0.2, 0.25) is 0 Å². The van der Waals surface area contributed by atoms with Crippen molar-refractivity contribution in [1.82, 2.24) is 15.1 Å². The summed E-state index contributed by atoms with van der Waals surface area (Å²) in [5.74, 6) is 0.217. The van der Waals surface area contributed by atoms with E-state index in [-0.39, 0.29) is 5.82 Å². The Hall–Kier alpha value is -1.68. The molecular weight excluding hydrogens is 253 g/mol. The summed E-state index contributed by atoms with van der Waals surface area (Å²) in [5, 5.41) is 7.81. The van der Waals surface area contributed by atoms with Crippen molar-refractivity contribution in [3.63, 3.8) is 0 Å². The number of aryl methyl sites for hydroxylation is 1. The molecule has 0 radical (unpaired) electrons. The monoisotopic (exact) mass is 275 g/mol. The number of nitrogens with one attached hydrogen (secondary N) is 1. The average Bonchev–Trinajstić information content (AvgIpc) is 2.65. The molecule has 1 heterocycles. The molecule has 3 nitrogen and oxygen atoms in total. The highest BCUT2D eigenvalue weighted by Gasteiger charge is 2.17. The van der Waals surface area contributed by atoms with Gasteiger partial charge in [-0.05, 0) is 44.5 Å². The van der Waals surface area contributed by atoms with Crippen molar-refractivity contribution >= 4 is 0 Å². The van der Waals surface area contributed by atoms with E-state index in [1.54, 1.807) is 12.1 Å². The Morgan fingerprint density at radius 1 is 1.35 bits per heavy atom. The second kappa shape index (κ2) is 6.18. The molecule has 1 aromatic heterocycles. The Balaban J connectivity index is 2.28. The highest BCUT2D eigenvalue weighted by atomic mass is 19.1. The van der Waals surface area contributed by atoms with Crippen LogP contribution in [0.1, 0.15) is 35.4 Å². The lowest BCUT2D eigenvalue weighted by Crippen LogP contribution is -2.16. The Morgan fingerprint density at radius 2 is 2.10 bits per heavy atom. The van der Waals surface area contributed by atoms with Crippen LogP contribution in [0.2, 0.25) is 0 Å². The molecule has 108 valence electrons. The smallest absolute Gasteiger partial charge is 0.123 e. The molecule has 0 aliphatic heterocycles. The molecule has 1 atom stereocenters. The van der Waals surface area contributed by atoms with Gasteiger partial charge in [0.05, 0.1) is 12.2 Å². The molecule has 2 aromatic rings. The van der Waals surface area contributed by atoms with E-state index in [1.165, 1.54) is 11.6 Å². The van der Waals surface area contributed by atoms with E-state index in [0.717, 1.165) is 23.5 Å². The first-order valence-corrected chi connectivity index (χ1v) is 6.96. The molecule has 0 saturated heterocycles. The maximum absolute atomic E-state index is 13.2. The van der Waals surface area contributed by atoms with Crippen LogP contribution >= 0.6 is 0 Å². The molecule has 0 spiro atoms. The van der Waals surface area contributed by atoms with Crippen LogP contribution in [-0.4, -0.2) is 23.4 Å². The molecule has 0 aliphatic carbocycles. The first kappa shape index (κ1) is 14.7. The van der Waals surface area contributed by atoms with E-state index in [9.17, 15) is 4.39 Å². The molecule has 20 heavy (non-hydrogen) atoms. The first-order chi connectivity index (χ1) is 9.52. The van der Waals surface area contributed by atoms with Crippen LogP contribution in [0.4, 0.5) is 4.39 Å². The molecule has 0 amide bonds. The van der Waals surface area contributed by atoms with Gasteiger partial charge in [-0.15, -0.1) is 0 Å². The number of benzene rings is 1. The summed E-state index contributed by atoms with van der Waals surface area (Å²) in [6.07, 6.45) is 0. The van der Waals surface area contributed by atoms with E-state index in [1.807, 2.05) is 24.7 Å². The van der Waals surface area contributed by atoms with Gasteiger partial charge in [0, 0.05) is 17.8 Å². The normalized spacial score (nSPS) is 12.7. The zero-order valence-corrected chi connectivity index (χ0v) is 12.6. The SMILES string of the molecule is CNCC(C)c1c(C)nn(Cc2cccc(F)c2)c1C. The lowest BCUT2D eigenvalue weighted by Gasteiger charge is -2.12. The van der Waals surface area contributed by atoms with Crippen molar-refractivity contribution in [2.75, 3.05) is 13.6 Å². The fourth-order valence-corrected chi connectivity index (χ4v) is 2.79. The van der Waals surface area contributed by atoms with Crippen LogP contribution in [0.25, 0.3) is 0 Å².